The molecule has 6 rings (SSSR count). The predicted octanol–water partition coefficient (Wildman–Crippen LogP) is 4.49. The molecule has 4 aromatic rings. The molecular formula is C29H37N7O3S. The maximum atomic E-state index is 13.3. The van der Waals surface area contributed by atoms with Gasteiger partial charge in [-0.1, -0.05) is 13.8 Å². The lowest BCUT2D eigenvalue weighted by Crippen LogP contribution is -2.44. The molecular weight excluding hydrogens is 526 g/mol. The van der Waals surface area contributed by atoms with Crippen molar-refractivity contribution in [2.75, 3.05) is 38.1 Å². The van der Waals surface area contributed by atoms with Gasteiger partial charge < -0.3 is 19.2 Å². The van der Waals surface area contributed by atoms with Gasteiger partial charge in [0.25, 0.3) is 0 Å². The second-order valence-corrected chi connectivity index (χ2v) is 13.1. The lowest BCUT2D eigenvalue weighted by Gasteiger charge is -2.34. The molecule has 40 heavy (non-hydrogen) atoms. The average Bonchev–Trinajstić information content (AvgIpc) is 3.62. The van der Waals surface area contributed by atoms with Gasteiger partial charge in [0.05, 0.1) is 15.9 Å². The van der Waals surface area contributed by atoms with E-state index in [4.69, 9.17) is 9.40 Å². The molecule has 0 atom stereocenters. The van der Waals surface area contributed by atoms with Crippen molar-refractivity contribution in [2.24, 2.45) is 0 Å². The molecule has 2 aromatic heterocycles. The van der Waals surface area contributed by atoms with Crippen molar-refractivity contribution >= 4 is 26.7 Å². The molecule has 0 unspecified atom stereocenters. The van der Waals surface area contributed by atoms with Gasteiger partial charge in [0.2, 0.25) is 21.8 Å². The number of nitrogens with zero attached hydrogens (tertiary/aromatic N) is 5. The number of anilines is 1. The van der Waals surface area contributed by atoms with Crippen LogP contribution in [0.5, 0.6) is 0 Å². The third kappa shape index (κ3) is 5.63. The maximum Gasteiger partial charge on any atom is 0.240 e. The highest BCUT2D eigenvalue weighted by atomic mass is 32.2. The molecule has 2 aliphatic rings. The van der Waals surface area contributed by atoms with Crippen LogP contribution in [0.3, 0.4) is 0 Å². The topological polar surface area (TPSA) is 120 Å². The van der Waals surface area contributed by atoms with Crippen LogP contribution in [-0.2, 0) is 10.0 Å². The molecule has 0 amide bonds. The fourth-order valence-electron chi connectivity index (χ4n) is 5.58. The Morgan fingerprint density at radius 3 is 2.38 bits per heavy atom. The van der Waals surface area contributed by atoms with Crippen LogP contribution in [0.1, 0.15) is 63.1 Å². The highest BCUT2D eigenvalue weighted by Crippen LogP contribution is 2.34. The van der Waals surface area contributed by atoms with E-state index in [1.165, 1.54) is 5.69 Å². The molecule has 2 fully saturated rings. The summed E-state index contributed by atoms with van der Waals surface area (Å²) in [6, 6.07) is 13.3. The van der Waals surface area contributed by atoms with E-state index in [9.17, 15) is 8.42 Å². The van der Waals surface area contributed by atoms with E-state index in [0.29, 0.717) is 17.3 Å². The normalized spacial score (nSPS) is 20.9. The predicted molar refractivity (Wildman–Crippen MR) is 155 cm³/mol. The number of nitrogens with one attached hydrogen (secondary N) is 2. The van der Waals surface area contributed by atoms with Crippen molar-refractivity contribution in [1.29, 1.82) is 0 Å². The molecule has 0 bridgehead atoms. The summed E-state index contributed by atoms with van der Waals surface area (Å²) in [5, 5.41) is 8.36. The Morgan fingerprint density at radius 2 is 1.70 bits per heavy atom. The van der Waals surface area contributed by atoms with E-state index >= 15 is 0 Å². The smallest absolute Gasteiger partial charge is 0.240 e. The van der Waals surface area contributed by atoms with Crippen molar-refractivity contribution in [1.82, 2.24) is 29.8 Å². The number of aromatic amines is 1. The molecule has 0 radical (unpaired) electrons. The average molecular weight is 564 g/mol. The Kier molecular flexibility index (Phi) is 7.37. The lowest BCUT2D eigenvalue weighted by molar-refractivity contribution is 0.313. The third-order valence-corrected chi connectivity index (χ3v) is 9.64. The van der Waals surface area contributed by atoms with E-state index in [-0.39, 0.29) is 22.8 Å². The first-order valence-electron chi connectivity index (χ1n) is 14.1. The van der Waals surface area contributed by atoms with Crippen molar-refractivity contribution in [3.05, 3.63) is 54.2 Å². The lowest BCUT2D eigenvalue weighted by atomic mass is 9.86. The zero-order valence-corrected chi connectivity index (χ0v) is 24.1. The zero-order chi connectivity index (χ0) is 27.9. The van der Waals surface area contributed by atoms with E-state index in [2.05, 4.69) is 61.0 Å². The zero-order valence-electron chi connectivity index (χ0n) is 23.3. The summed E-state index contributed by atoms with van der Waals surface area (Å²) in [5.74, 6) is 2.41. The van der Waals surface area contributed by atoms with Gasteiger partial charge in [-0.05, 0) is 75.2 Å². The molecule has 0 spiro atoms. The highest BCUT2D eigenvalue weighted by molar-refractivity contribution is 7.89. The standard InChI is InChI=1S/C29H37N7O3S/c1-19(2)28-32-33-29(39-28)21-4-8-22(9-5-21)34-40(37,38)24-12-13-25-26(18-24)31-27(30-25)20-6-10-23(11-7-20)36-16-14-35(3)15-17-36/h6-7,10-13,18-19,21-22,34H,4-5,8-9,14-17H2,1-3H3,(H,30,31). The van der Waals surface area contributed by atoms with Gasteiger partial charge in [-0.25, -0.2) is 18.1 Å². The number of piperazine rings is 1. The first-order chi connectivity index (χ1) is 19.2. The molecule has 2 aromatic carbocycles. The van der Waals surface area contributed by atoms with E-state index in [1.807, 2.05) is 13.8 Å². The first kappa shape index (κ1) is 26.9. The van der Waals surface area contributed by atoms with Crippen LogP contribution in [0.2, 0.25) is 0 Å². The number of imidazole rings is 1. The molecule has 2 N–H and O–H groups in total. The van der Waals surface area contributed by atoms with Crippen LogP contribution in [0.4, 0.5) is 5.69 Å². The molecule has 212 valence electrons. The van der Waals surface area contributed by atoms with Gasteiger partial charge in [0.1, 0.15) is 5.82 Å². The second kappa shape index (κ2) is 10.9. The number of sulfonamides is 1. The van der Waals surface area contributed by atoms with Crippen molar-refractivity contribution in [2.45, 2.75) is 62.3 Å². The van der Waals surface area contributed by atoms with Gasteiger partial charge in [0.15, 0.2) is 0 Å². The fraction of sp³-hybridized carbons (Fsp3) is 0.483. The highest BCUT2D eigenvalue weighted by Gasteiger charge is 2.29. The summed E-state index contributed by atoms with van der Waals surface area (Å²) in [6.07, 6.45) is 3.07. The van der Waals surface area contributed by atoms with Crippen LogP contribution >= 0.6 is 0 Å². The van der Waals surface area contributed by atoms with Crippen molar-refractivity contribution in [3.63, 3.8) is 0 Å². The Hall–Kier alpha value is -3.28. The summed E-state index contributed by atoms with van der Waals surface area (Å²) in [4.78, 5) is 13.0. The van der Waals surface area contributed by atoms with Gasteiger partial charge in [-0.3, -0.25) is 0 Å². The van der Waals surface area contributed by atoms with Crippen molar-refractivity contribution in [3.8, 4) is 11.4 Å². The van der Waals surface area contributed by atoms with Crippen LogP contribution < -0.4 is 9.62 Å². The van der Waals surface area contributed by atoms with Crippen LogP contribution in [0, 0.1) is 0 Å². The Morgan fingerprint density at radius 1 is 0.975 bits per heavy atom. The third-order valence-electron chi connectivity index (χ3n) is 8.12. The monoisotopic (exact) mass is 563 g/mol. The minimum atomic E-state index is -3.68. The summed E-state index contributed by atoms with van der Waals surface area (Å²) in [6.45, 7) is 8.21. The Balaban J connectivity index is 1.11. The maximum absolute atomic E-state index is 13.3. The number of likely N-dealkylation sites (N-methyl/N-ethyl adjacent to an activating group) is 1. The number of hydrogen-bond acceptors (Lipinski definition) is 8. The minimum Gasteiger partial charge on any atom is -0.425 e. The van der Waals surface area contributed by atoms with Gasteiger partial charge in [-0.2, -0.15) is 0 Å². The molecule has 1 aliphatic heterocycles. The Labute approximate surface area is 235 Å². The largest absolute Gasteiger partial charge is 0.425 e. The summed E-state index contributed by atoms with van der Waals surface area (Å²) < 4.78 is 35.3. The number of aromatic nitrogens is 4. The van der Waals surface area contributed by atoms with Gasteiger partial charge >= 0.3 is 0 Å². The number of rotatable bonds is 7. The van der Waals surface area contributed by atoms with Gasteiger partial charge in [-0.15, -0.1) is 10.2 Å². The van der Waals surface area contributed by atoms with Gasteiger partial charge in [0, 0.05) is 55.3 Å². The molecule has 1 aliphatic carbocycles. The van der Waals surface area contributed by atoms with E-state index in [1.54, 1.807) is 18.2 Å². The number of benzene rings is 2. The molecule has 11 heteroatoms. The van der Waals surface area contributed by atoms with Crippen LogP contribution in [0.25, 0.3) is 22.4 Å². The Bertz CT molecular complexity index is 1560. The second-order valence-electron chi connectivity index (χ2n) is 11.4. The van der Waals surface area contributed by atoms with Crippen LogP contribution in [0.15, 0.2) is 51.8 Å². The number of fused-ring (bicyclic) bond motifs is 1. The quantitative estimate of drug-likeness (QED) is 0.337. The summed E-state index contributed by atoms with van der Waals surface area (Å²) in [7, 11) is -1.52. The van der Waals surface area contributed by atoms with E-state index in [0.717, 1.165) is 68.8 Å². The first-order valence-corrected chi connectivity index (χ1v) is 15.6. The number of hydrogen-bond donors (Lipinski definition) is 2. The fourth-order valence-corrected chi connectivity index (χ4v) is 6.91. The van der Waals surface area contributed by atoms with Crippen LogP contribution in [-0.4, -0.2) is 72.8 Å². The minimum absolute atomic E-state index is 0.124. The molecule has 1 saturated carbocycles. The van der Waals surface area contributed by atoms with Crippen molar-refractivity contribution < 1.29 is 12.8 Å². The molecule has 3 heterocycles. The summed E-state index contributed by atoms with van der Waals surface area (Å²) in [5.41, 5.74) is 3.61. The molecule has 10 nitrogen and oxygen atoms in total. The SMILES string of the molecule is CC(C)c1nnc(C2CCC(NS(=O)(=O)c3ccc4nc(-c5ccc(N6CCN(C)CC6)cc5)[nH]c4c3)CC2)o1. The summed E-state index contributed by atoms with van der Waals surface area (Å²) >= 11 is 0. The molecule has 1 saturated heterocycles. The van der Waals surface area contributed by atoms with E-state index < -0.39 is 10.0 Å². The number of H-pyrrole nitrogens is 1.